The number of piperidine rings is 1. The van der Waals surface area contributed by atoms with Gasteiger partial charge in [0.05, 0.1) is 0 Å². The van der Waals surface area contributed by atoms with E-state index in [1.54, 1.807) is 12.1 Å². The first kappa shape index (κ1) is 18.4. The van der Waals surface area contributed by atoms with E-state index in [1.807, 2.05) is 18.2 Å². The van der Waals surface area contributed by atoms with Crippen molar-refractivity contribution in [1.29, 1.82) is 0 Å². The molecule has 1 aliphatic rings. The van der Waals surface area contributed by atoms with Gasteiger partial charge in [0.25, 0.3) is 5.91 Å². The smallest absolute Gasteiger partial charge is 0.258 e. The van der Waals surface area contributed by atoms with Crippen LogP contribution in [0, 0.1) is 5.82 Å². The van der Waals surface area contributed by atoms with Crippen molar-refractivity contribution in [3.63, 3.8) is 0 Å². The number of nitrogens with one attached hydrogen (secondary N) is 1. The number of carbonyl (C=O) groups excluding carboxylic acids is 1. The van der Waals surface area contributed by atoms with E-state index in [0.717, 1.165) is 25.2 Å². The fourth-order valence-corrected chi connectivity index (χ4v) is 3.19. The predicted octanol–water partition coefficient (Wildman–Crippen LogP) is 3.51. The van der Waals surface area contributed by atoms with E-state index >= 15 is 0 Å². The summed E-state index contributed by atoms with van der Waals surface area (Å²) in [5.41, 5.74) is 2.35. The maximum Gasteiger partial charge on any atom is 0.258 e. The van der Waals surface area contributed by atoms with Gasteiger partial charge in [0.15, 0.2) is 18.2 Å². The minimum absolute atomic E-state index is 0.0909. The molecule has 0 bridgehead atoms. The number of likely N-dealkylation sites (tertiary alicyclic amines) is 1. The van der Waals surface area contributed by atoms with Gasteiger partial charge in [-0.25, -0.2) is 4.39 Å². The first-order valence-corrected chi connectivity index (χ1v) is 9.15. The largest absolute Gasteiger partial charge is 0.481 e. The molecule has 0 spiro atoms. The van der Waals surface area contributed by atoms with Crippen LogP contribution in [0.15, 0.2) is 48.5 Å². The highest BCUT2D eigenvalue weighted by atomic mass is 19.1. The fraction of sp³-hybridized carbons (Fsp3) is 0.381. The Morgan fingerprint density at radius 2 is 1.69 bits per heavy atom. The van der Waals surface area contributed by atoms with Crippen molar-refractivity contribution in [1.82, 2.24) is 10.2 Å². The molecule has 0 saturated carbocycles. The number of para-hydroxylation sites is 1. The molecule has 2 aromatic carbocycles. The monoisotopic (exact) mass is 356 g/mol. The van der Waals surface area contributed by atoms with Gasteiger partial charge in [-0.1, -0.05) is 42.8 Å². The van der Waals surface area contributed by atoms with E-state index < -0.39 is 5.82 Å². The SMILES string of the molecule is O=C(COc1ccccc1F)NCc1ccccc1CN1CCCCC1. The number of hydrogen-bond acceptors (Lipinski definition) is 3. The van der Waals surface area contributed by atoms with Crippen LogP contribution in [0.2, 0.25) is 0 Å². The Bertz CT molecular complexity index is 729. The number of hydrogen-bond donors (Lipinski definition) is 1. The summed E-state index contributed by atoms with van der Waals surface area (Å²) in [5, 5.41) is 2.86. The van der Waals surface area contributed by atoms with Gasteiger partial charge in [-0.2, -0.15) is 0 Å². The Balaban J connectivity index is 1.51. The third-order valence-corrected chi connectivity index (χ3v) is 4.63. The molecule has 0 atom stereocenters. The molecule has 2 aromatic rings. The van der Waals surface area contributed by atoms with E-state index in [4.69, 9.17) is 4.74 Å². The summed E-state index contributed by atoms with van der Waals surface area (Å²) < 4.78 is 18.7. The van der Waals surface area contributed by atoms with Crippen molar-refractivity contribution >= 4 is 5.91 Å². The van der Waals surface area contributed by atoms with Gasteiger partial charge in [-0.05, 0) is 49.2 Å². The molecule has 26 heavy (non-hydrogen) atoms. The second-order valence-electron chi connectivity index (χ2n) is 6.60. The second-order valence-corrected chi connectivity index (χ2v) is 6.60. The van der Waals surface area contributed by atoms with Crippen molar-refractivity contribution in [2.75, 3.05) is 19.7 Å². The maximum absolute atomic E-state index is 13.5. The molecule has 1 aliphatic heterocycles. The summed E-state index contributed by atoms with van der Waals surface area (Å²) in [5.74, 6) is -0.638. The summed E-state index contributed by atoms with van der Waals surface area (Å²) in [6.07, 6.45) is 3.83. The van der Waals surface area contributed by atoms with Crippen molar-refractivity contribution < 1.29 is 13.9 Å². The van der Waals surface area contributed by atoms with Crippen LogP contribution in [0.3, 0.4) is 0 Å². The number of benzene rings is 2. The Labute approximate surface area is 154 Å². The molecule has 0 aliphatic carbocycles. The Hall–Kier alpha value is -2.40. The molecule has 1 N–H and O–H groups in total. The average Bonchev–Trinajstić information content (AvgIpc) is 2.67. The normalized spacial score (nSPS) is 14.8. The lowest BCUT2D eigenvalue weighted by Crippen LogP contribution is -2.31. The average molecular weight is 356 g/mol. The second kappa shape index (κ2) is 9.34. The molecule has 1 heterocycles. The predicted molar refractivity (Wildman–Crippen MR) is 99.3 cm³/mol. The molecule has 1 saturated heterocycles. The molecule has 0 radical (unpaired) electrons. The molecule has 1 fully saturated rings. The van der Waals surface area contributed by atoms with Crippen LogP contribution >= 0.6 is 0 Å². The van der Waals surface area contributed by atoms with Crippen LogP contribution in [0.1, 0.15) is 30.4 Å². The Morgan fingerprint density at radius 3 is 2.46 bits per heavy atom. The zero-order valence-electron chi connectivity index (χ0n) is 14.9. The number of ether oxygens (including phenoxy) is 1. The highest BCUT2D eigenvalue weighted by Crippen LogP contribution is 2.17. The van der Waals surface area contributed by atoms with Crippen molar-refractivity contribution in [2.24, 2.45) is 0 Å². The quantitative estimate of drug-likeness (QED) is 0.825. The van der Waals surface area contributed by atoms with E-state index in [-0.39, 0.29) is 18.3 Å². The first-order valence-electron chi connectivity index (χ1n) is 9.15. The van der Waals surface area contributed by atoms with Crippen LogP contribution in [0.5, 0.6) is 5.75 Å². The highest BCUT2D eigenvalue weighted by Gasteiger charge is 2.13. The van der Waals surface area contributed by atoms with E-state index in [2.05, 4.69) is 16.3 Å². The summed E-state index contributed by atoms with van der Waals surface area (Å²) >= 11 is 0. The highest BCUT2D eigenvalue weighted by molar-refractivity contribution is 5.77. The summed E-state index contributed by atoms with van der Waals surface area (Å²) in [6, 6.07) is 14.3. The van der Waals surface area contributed by atoms with Crippen molar-refractivity contribution in [2.45, 2.75) is 32.4 Å². The minimum atomic E-state index is -0.466. The topological polar surface area (TPSA) is 41.6 Å². The van der Waals surface area contributed by atoms with Gasteiger partial charge in [0.1, 0.15) is 0 Å². The van der Waals surface area contributed by atoms with Crippen LogP contribution in [0.25, 0.3) is 0 Å². The summed E-state index contributed by atoms with van der Waals surface area (Å²) in [7, 11) is 0. The summed E-state index contributed by atoms with van der Waals surface area (Å²) in [6.45, 7) is 3.44. The fourth-order valence-electron chi connectivity index (χ4n) is 3.19. The van der Waals surface area contributed by atoms with E-state index in [1.165, 1.54) is 37.0 Å². The van der Waals surface area contributed by atoms with Crippen LogP contribution < -0.4 is 10.1 Å². The first-order chi connectivity index (χ1) is 12.7. The van der Waals surface area contributed by atoms with Crippen LogP contribution in [-0.2, 0) is 17.9 Å². The number of halogens is 1. The lowest BCUT2D eigenvalue weighted by atomic mass is 10.0. The lowest BCUT2D eigenvalue weighted by Gasteiger charge is -2.27. The minimum Gasteiger partial charge on any atom is -0.481 e. The number of nitrogens with zero attached hydrogens (tertiary/aromatic N) is 1. The molecule has 5 heteroatoms. The molecule has 4 nitrogen and oxygen atoms in total. The molecule has 138 valence electrons. The van der Waals surface area contributed by atoms with Crippen LogP contribution in [0.4, 0.5) is 4.39 Å². The molecular weight excluding hydrogens is 331 g/mol. The standard InChI is InChI=1S/C21H25FN2O2/c22-19-10-4-5-11-20(19)26-16-21(25)23-14-17-8-2-3-9-18(17)15-24-12-6-1-7-13-24/h2-5,8-11H,1,6-7,12-16H2,(H,23,25). The number of carbonyl (C=O) groups is 1. The Kier molecular flexibility index (Phi) is 6.61. The molecule has 0 unspecified atom stereocenters. The molecular formula is C21H25FN2O2. The van der Waals surface area contributed by atoms with Crippen LogP contribution in [-0.4, -0.2) is 30.5 Å². The summed E-state index contributed by atoms with van der Waals surface area (Å²) in [4.78, 5) is 14.5. The zero-order valence-corrected chi connectivity index (χ0v) is 14.9. The third kappa shape index (κ3) is 5.30. The zero-order chi connectivity index (χ0) is 18.2. The van der Waals surface area contributed by atoms with Crippen molar-refractivity contribution in [3.8, 4) is 5.75 Å². The van der Waals surface area contributed by atoms with Gasteiger partial charge in [-0.15, -0.1) is 0 Å². The van der Waals surface area contributed by atoms with Gasteiger partial charge >= 0.3 is 0 Å². The third-order valence-electron chi connectivity index (χ3n) is 4.63. The molecule has 0 aromatic heterocycles. The van der Waals surface area contributed by atoms with Crippen molar-refractivity contribution in [3.05, 3.63) is 65.5 Å². The molecule has 1 amide bonds. The van der Waals surface area contributed by atoms with Gasteiger partial charge < -0.3 is 10.1 Å². The lowest BCUT2D eigenvalue weighted by molar-refractivity contribution is -0.123. The van der Waals surface area contributed by atoms with Gasteiger partial charge in [-0.3, -0.25) is 9.69 Å². The number of rotatable bonds is 7. The maximum atomic E-state index is 13.5. The Morgan fingerprint density at radius 1 is 1.00 bits per heavy atom. The van der Waals surface area contributed by atoms with E-state index in [0.29, 0.717) is 6.54 Å². The van der Waals surface area contributed by atoms with Gasteiger partial charge in [0.2, 0.25) is 0 Å². The molecule has 3 rings (SSSR count). The van der Waals surface area contributed by atoms with E-state index in [9.17, 15) is 9.18 Å². The van der Waals surface area contributed by atoms with Gasteiger partial charge in [0, 0.05) is 13.1 Å². The number of amides is 1.